The van der Waals surface area contributed by atoms with Crippen molar-refractivity contribution in [2.75, 3.05) is 26.3 Å². The van der Waals surface area contributed by atoms with Crippen LogP contribution < -0.4 is 16.7 Å². The van der Waals surface area contributed by atoms with Crippen LogP contribution in [0.25, 0.3) is 0 Å². The summed E-state index contributed by atoms with van der Waals surface area (Å²) >= 11 is 0. The van der Waals surface area contributed by atoms with E-state index in [0.29, 0.717) is 35.4 Å². The molecule has 3 N–H and O–H groups in total. The number of hydrogen-bond donors (Lipinski definition) is 3. The van der Waals surface area contributed by atoms with Crippen molar-refractivity contribution < 1.29 is 81.3 Å². The molecule has 9 rings (SSSR count). The van der Waals surface area contributed by atoms with Crippen LogP contribution in [-0.4, -0.2) is 78.4 Å². The van der Waals surface area contributed by atoms with Crippen molar-refractivity contribution in [2.24, 2.45) is 0 Å². The smallest absolute Gasteiger partial charge is 0.416 e. The summed E-state index contributed by atoms with van der Waals surface area (Å²) < 4.78 is 182. The van der Waals surface area contributed by atoms with Gasteiger partial charge >= 0.3 is 42.2 Å². The highest BCUT2D eigenvalue weighted by molar-refractivity contribution is 5.86. The van der Waals surface area contributed by atoms with Gasteiger partial charge in [0.25, 0.3) is 0 Å². The van der Waals surface area contributed by atoms with Crippen molar-refractivity contribution in [1.82, 2.24) is 39.7 Å². The van der Waals surface area contributed by atoms with Crippen molar-refractivity contribution in [3.8, 4) is 0 Å². The van der Waals surface area contributed by atoms with Gasteiger partial charge in [-0.25, -0.2) is 24.6 Å². The molecule has 0 aliphatic carbocycles. The number of H-pyrrole nitrogens is 2. The molecule has 5 aromatic carbocycles. The number of benzene rings is 5. The summed E-state index contributed by atoms with van der Waals surface area (Å²) in [5, 5.41) is 15.3. The number of carbonyl (C=O) groups excluding carboxylic acids is 3. The van der Waals surface area contributed by atoms with Crippen molar-refractivity contribution in [3.05, 3.63) is 211 Å². The van der Waals surface area contributed by atoms with E-state index in [4.69, 9.17) is 14.2 Å². The van der Waals surface area contributed by atoms with Gasteiger partial charge in [0.2, 0.25) is 0 Å². The van der Waals surface area contributed by atoms with Crippen molar-refractivity contribution in [1.29, 1.82) is 0 Å². The Morgan fingerprint density at radius 3 is 1.35 bits per heavy atom. The monoisotopic (exact) mass is 1250 g/mol. The van der Waals surface area contributed by atoms with Gasteiger partial charge in [0.05, 0.1) is 65.3 Å². The Bertz CT molecular complexity index is 3630. The van der Waals surface area contributed by atoms with Gasteiger partial charge in [-0.15, -0.1) is 0 Å². The number of aromatic nitrogens is 6. The van der Waals surface area contributed by atoms with Gasteiger partial charge in [-0.1, -0.05) is 91.0 Å². The molecule has 0 saturated carbocycles. The molecular weight excluding hydrogens is 1190 g/mol. The van der Waals surface area contributed by atoms with Gasteiger partial charge < -0.3 is 19.5 Å². The summed E-state index contributed by atoms with van der Waals surface area (Å²) in [6.07, 6.45) is -20.6. The summed E-state index contributed by atoms with van der Waals surface area (Å²) in [6, 6.07) is 28.7. The topological polar surface area (TPSA) is 196 Å². The van der Waals surface area contributed by atoms with E-state index in [-0.39, 0.29) is 74.5 Å². The second-order valence-corrected chi connectivity index (χ2v) is 21.6. The van der Waals surface area contributed by atoms with Crippen LogP contribution in [0.3, 0.4) is 0 Å². The van der Waals surface area contributed by atoms with E-state index in [1.807, 2.05) is 0 Å². The number of amides is 1. The van der Waals surface area contributed by atoms with Crippen LogP contribution in [0.1, 0.15) is 116 Å². The van der Waals surface area contributed by atoms with Crippen LogP contribution in [-0.2, 0) is 77.3 Å². The summed E-state index contributed by atoms with van der Waals surface area (Å²) in [5.74, 6) is -0.741. The van der Waals surface area contributed by atoms with E-state index in [2.05, 4.69) is 25.7 Å². The fraction of sp³-hybridized carbons (Fsp3) is 0.383. The number of halogens is 12. The molecule has 470 valence electrons. The van der Waals surface area contributed by atoms with Gasteiger partial charge in [0, 0.05) is 6.54 Å². The number of hydrogen-bond acceptors (Lipinski definition) is 11. The van der Waals surface area contributed by atoms with Crippen molar-refractivity contribution in [3.63, 3.8) is 0 Å². The lowest BCUT2D eigenvalue weighted by Gasteiger charge is -2.52. The Morgan fingerprint density at radius 1 is 0.545 bits per heavy atom. The average Bonchev–Trinajstić information content (AvgIpc) is 1.31. The lowest BCUT2D eigenvalue weighted by molar-refractivity contribution is -0.145. The first-order chi connectivity index (χ1) is 41.2. The van der Waals surface area contributed by atoms with Crippen LogP contribution in [0.5, 0.6) is 0 Å². The second kappa shape index (κ2) is 25.4. The highest BCUT2D eigenvalue weighted by Crippen LogP contribution is 2.47. The van der Waals surface area contributed by atoms with E-state index < -0.39 is 118 Å². The number of alkyl halides is 12. The van der Waals surface area contributed by atoms with Crippen LogP contribution in [0, 0.1) is 0 Å². The minimum atomic E-state index is -5.06. The highest BCUT2D eigenvalue weighted by atomic mass is 19.4. The number of piperidine rings is 2. The Balaban J connectivity index is 0.000000234. The Kier molecular flexibility index (Phi) is 18.9. The molecular formula is C60H58F12N8O8. The standard InChI is InChI=1S/C34H32F6N4O5.C26H26F6N4O3/c1-22(25-15-27(33(35,36)37)17-28(16-25)34(38,39)40)49-20-32(26-11-7-4-8-12-26)14-13-31(23(2)45,44-21-41-42-29(44)46)19-43(32)30(47)48-18-24-9-5-3-6-10-24;1-16(18-10-20(25(27,28)29)12-21(11-18)26(30,31)32)39-14-23(19-6-4-3-5-7-19)8-9-24(13-33-23,17(2)37)36-15-34-35-22(36)38/h3-12,15-17,21-22H,13-14,18-20H2,1-2H3,(H,42,46);3-7,10-12,15-16,33H,8-9,13-14H2,1-2H3,(H,35,38)/t22-,31+,32-;16-,23-,24+/m11/s1. The quantitative estimate of drug-likeness (QED) is 0.0779. The molecule has 2 fully saturated rings. The predicted octanol–water partition coefficient (Wildman–Crippen LogP) is 11.9. The van der Waals surface area contributed by atoms with Crippen molar-refractivity contribution >= 4 is 17.7 Å². The van der Waals surface area contributed by atoms with Crippen LogP contribution >= 0.6 is 0 Å². The average molecular weight is 1250 g/mol. The number of aromatic amines is 2. The number of Topliss-reactive ketones (excluding diaryl/α,β-unsaturated/α-hetero) is 2. The van der Waals surface area contributed by atoms with Gasteiger partial charge in [-0.3, -0.25) is 23.6 Å². The number of nitrogens with one attached hydrogen (secondary N) is 3. The maximum atomic E-state index is 14.1. The third kappa shape index (κ3) is 14.0. The number of rotatable bonds is 16. The fourth-order valence-corrected chi connectivity index (χ4v) is 11.1. The van der Waals surface area contributed by atoms with E-state index in [1.165, 1.54) is 43.5 Å². The minimum Gasteiger partial charge on any atom is -0.445 e. The van der Waals surface area contributed by atoms with Crippen LogP contribution in [0.4, 0.5) is 57.5 Å². The third-order valence-corrected chi connectivity index (χ3v) is 16.3. The summed E-state index contributed by atoms with van der Waals surface area (Å²) in [7, 11) is 0. The molecule has 7 aromatic rings. The molecule has 1 amide bonds. The summed E-state index contributed by atoms with van der Waals surface area (Å²) in [4.78, 5) is 66.6. The number of ketones is 2. The van der Waals surface area contributed by atoms with Gasteiger partial charge in [-0.05, 0) is 118 Å². The van der Waals surface area contributed by atoms with Crippen molar-refractivity contribution in [2.45, 2.75) is 119 Å². The second-order valence-electron chi connectivity index (χ2n) is 21.6. The maximum absolute atomic E-state index is 14.1. The first kappa shape index (κ1) is 65.6. The Labute approximate surface area is 493 Å². The highest BCUT2D eigenvalue weighted by Gasteiger charge is 2.56. The number of carbonyl (C=O) groups is 3. The first-order valence-corrected chi connectivity index (χ1v) is 27.2. The molecule has 0 bridgehead atoms. The largest absolute Gasteiger partial charge is 0.445 e. The maximum Gasteiger partial charge on any atom is 0.416 e. The Hall–Kier alpha value is -8.37. The zero-order chi connectivity index (χ0) is 64.3. The minimum absolute atomic E-state index is 0.0101. The predicted molar refractivity (Wildman–Crippen MR) is 291 cm³/mol. The molecule has 0 radical (unpaired) electrons. The normalized spacial score (nSPS) is 21.6. The third-order valence-electron chi connectivity index (χ3n) is 16.3. The van der Waals surface area contributed by atoms with Gasteiger partial charge in [0.1, 0.15) is 30.3 Å². The zero-order valence-corrected chi connectivity index (χ0v) is 47.3. The molecule has 6 atom stereocenters. The number of ether oxygens (including phenoxy) is 3. The SMILES string of the molecule is CC(=O)[C@]1(n2cn[nH]c2=O)CC[C@@](CO[C@H](C)c2cc(C(F)(F)F)cc(C(F)(F)F)c2)(c2ccccc2)N(C(=O)OCc2ccccc2)C1.CC(=O)[C@]1(n2cn[nH]c2=O)CC[C@@](CO[C@H](C)c2cc(C(F)(F)F)cc(C(F)(F)F)c2)(c2ccccc2)NC1. The van der Waals surface area contributed by atoms with E-state index >= 15 is 0 Å². The summed E-state index contributed by atoms with van der Waals surface area (Å²) in [5.41, 5.74) is -11.1. The van der Waals surface area contributed by atoms with Crippen LogP contribution in [0.15, 0.2) is 150 Å². The zero-order valence-electron chi connectivity index (χ0n) is 47.3. The molecule has 2 saturated heterocycles. The summed E-state index contributed by atoms with van der Waals surface area (Å²) in [6.45, 7) is 4.20. The Morgan fingerprint density at radius 2 is 0.955 bits per heavy atom. The lowest BCUT2D eigenvalue weighted by Crippen LogP contribution is -2.65. The van der Waals surface area contributed by atoms with E-state index in [9.17, 15) is 76.7 Å². The fourth-order valence-electron chi connectivity index (χ4n) is 11.1. The van der Waals surface area contributed by atoms with E-state index in [1.54, 1.807) is 91.0 Å². The van der Waals surface area contributed by atoms with Gasteiger partial charge in [0.15, 0.2) is 11.6 Å². The number of likely N-dealkylation sites (tertiary alicyclic amines) is 1. The van der Waals surface area contributed by atoms with Crippen LogP contribution in [0.2, 0.25) is 0 Å². The number of nitrogens with zero attached hydrogens (tertiary/aromatic N) is 5. The molecule has 2 aliphatic rings. The van der Waals surface area contributed by atoms with E-state index in [0.717, 1.165) is 16.5 Å². The molecule has 88 heavy (non-hydrogen) atoms. The molecule has 28 heteroatoms. The molecule has 4 heterocycles. The van der Waals surface area contributed by atoms with Gasteiger partial charge in [-0.2, -0.15) is 62.9 Å². The molecule has 0 spiro atoms. The lowest BCUT2D eigenvalue weighted by atomic mass is 9.73. The molecule has 16 nitrogen and oxygen atoms in total. The molecule has 0 unspecified atom stereocenters. The molecule has 2 aliphatic heterocycles. The first-order valence-electron chi connectivity index (χ1n) is 27.2. The molecule has 2 aromatic heterocycles.